The second-order valence-corrected chi connectivity index (χ2v) is 16.5. The van der Waals surface area contributed by atoms with Gasteiger partial charge in [0.05, 0.1) is 11.0 Å². The zero-order chi connectivity index (χ0) is 27.3. The van der Waals surface area contributed by atoms with Gasteiger partial charge in [-0.3, -0.25) is 4.18 Å². The summed E-state index contributed by atoms with van der Waals surface area (Å²) in [5, 5.41) is 0. The monoisotopic (exact) mass is 542 g/mol. The van der Waals surface area contributed by atoms with E-state index in [4.69, 9.17) is 4.18 Å². The van der Waals surface area contributed by atoms with E-state index in [0.29, 0.717) is 21.6 Å². The van der Waals surface area contributed by atoms with Gasteiger partial charge in [0.2, 0.25) is 0 Å². The zero-order valence-corrected chi connectivity index (χ0v) is 25.9. The molecule has 38 heavy (non-hydrogen) atoms. The topological polar surface area (TPSA) is 43.4 Å². The molecule has 0 amide bonds. The van der Waals surface area contributed by atoms with Crippen LogP contribution in [0.4, 0.5) is 0 Å². The summed E-state index contributed by atoms with van der Waals surface area (Å²) in [7, 11) is -3.70. The van der Waals surface area contributed by atoms with Crippen molar-refractivity contribution in [1.29, 1.82) is 0 Å². The molecule has 0 radical (unpaired) electrons. The SMILES string of the molecule is Cc1ccc(S(=O)(=O)O[C@H]2CC[C@@]3(C)[C@@H](CC[C@@H]4[C@@H]3CC[C@]3(C)[C@@H](C(C)CCCC(C)C)CC[C@@H]43)C2)cc1. The lowest BCUT2D eigenvalue weighted by Crippen LogP contribution is -2.54. The number of hydrogen-bond acceptors (Lipinski definition) is 3. The van der Waals surface area contributed by atoms with Crippen LogP contribution in [0.15, 0.2) is 29.2 Å². The molecule has 0 saturated heterocycles. The predicted octanol–water partition coefficient (Wildman–Crippen LogP) is 9.19. The van der Waals surface area contributed by atoms with Crippen molar-refractivity contribution in [3.63, 3.8) is 0 Å². The third-order valence-corrected chi connectivity index (χ3v) is 13.8. The molecule has 4 aliphatic carbocycles. The van der Waals surface area contributed by atoms with Gasteiger partial charge in [-0.2, -0.15) is 8.42 Å². The molecule has 1 aromatic carbocycles. The Labute approximate surface area is 234 Å². The Morgan fingerprint density at radius 2 is 1.55 bits per heavy atom. The van der Waals surface area contributed by atoms with Crippen molar-refractivity contribution in [2.24, 2.45) is 52.3 Å². The highest BCUT2D eigenvalue weighted by Crippen LogP contribution is 2.68. The van der Waals surface area contributed by atoms with Crippen molar-refractivity contribution in [2.75, 3.05) is 0 Å². The van der Waals surface area contributed by atoms with Gasteiger partial charge >= 0.3 is 0 Å². The van der Waals surface area contributed by atoms with Crippen molar-refractivity contribution in [1.82, 2.24) is 0 Å². The smallest absolute Gasteiger partial charge is 0.263 e. The van der Waals surface area contributed by atoms with Crippen LogP contribution in [-0.2, 0) is 14.3 Å². The van der Waals surface area contributed by atoms with Gasteiger partial charge in [-0.05, 0) is 129 Å². The van der Waals surface area contributed by atoms with Crippen LogP contribution in [0.3, 0.4) is 0 Å². The third kappa shape index (κ3) is 5.27. The fraction of sp³-hybridized carbons (Fsp3) is 0.824. The summed E-state index contributed by atoms with van der Waals surface area (Å²) in [6.07, 6.45) is 15.2. The normalized spacial score (nSPS) is 39.9. The van der Waals surface area contributed by atoms with Crippen LogP contribution in [0.2, 0.25) is 0 Å². The van der Waals surface area contributed by atoms with E-state index >= 15 is 0 Å². The quantitative estimate of drug-likeness (QED) is 0.308. The van der Waals surface area contributed by atoms with Gasteiger partial charge in [-0.25, -0.2) is 0 Å². The molecule has 3 nitrogen and oxygen atoms in total. The molecule has 0 aliphatic heterocycles. The maximum Gasteiger partial charge on any atom is 0.297 e. The summed E-state index contributed by atoms with van der Waals surface area (Å²) in [4.78, 5) is 0.293. The van der Waals surface area contributed by atoms with Crippen molar-refractivity contribution in [3.8, 4) is 0 Å². The minimum absolute atomic E-state index is 0.174. The fourth-order valence-corrected chi connectivity index (χ4v) is 11.4. The second-order valence-electron chi connectivity index (χ2n) is 14.9. The Bertz CT molecular complexity index is 1060. The average molecular weight is 543 g/mol. The third-order valence-electron chi connectivity index (χ3n) is 12.4. The molecule has 0 aromatic heterocycles. The molecule has 4 aliphatic rings. The van der Waals surface area contributed by atoms with Crippen LogP contribution >= 0.6 is 0 Å². The Kier molecular flexibility index (Phi) is 8.17. The first-order chi connectivity index (χ1) is 17.9. The molecule has 0 bridgehead atoms. The van der Waals surface area contributed by atoms with Gasteiger partial charge in [-0.15, -0.1) is 0 Å². The molecule has 4 heteroatoms. The van der Waals surface area contributed by atoms with Gasteiger partial charge in [-0.1, -0.05) is 71.6 Å². The van der Waals surface area contributed by atoms with Crippen molar-refractivity contribution in [3.05, 3.63) is 29.8 Å². The zero-order valence-electron chi connectivity index (χ0n) is 25.0. The Hall–Kier alpha value is -0.870. The van der Waals surface area contributed by atoms with Crippen LogP contribution in [0.5, 0.6) is 0 Å². The van der Waals surface area contributed by atoms with E-state index in [1.54, 1.807) is 12.1 Å². The van der Waals surface area contributed by atoms with E-state index in [2.05, 4.69) is 34.6 Å². The minimum atomic E-state index is -3.70. The first-order valence-electron chi connectivity index (χ1n) is 15.9. The van der Waals surface area contributed by atoms with Crippen LogP contribution in [0.25, 0.3) is 0 Å². The summed E-state index contributed by atoms with van der Waals surface area (Å²) in [5.74, 6) is 5.75. The van der Waals surface area contributed by atoms with Crippen molar-refractivity contribution >= 4 is 10.1 Å². The molecule has 214 valence electrons. The molecular formula is C34H54O3S. The number of benzene rings is 1. The first-order valence-corrected chi connectivity index (χ1v) is 17.3. The second kappa shape index (κ2) is 10.8. The predicted molar refractivity (Wildman–Crippen MR) is 156 cm³/mol. The highest BCUT2D eigenvalue weighted by atomic mass is 32.2. The van der Waals surface area contributed by atoms with E-state index in [1.807, 2.05) is 19.1 Å². The van der Waals surface area contributed by atoms with Crippen LogP contribution in [-0.4, -0.2) is 14.5 Å². The lowest BCUT2D eigenvalue weighted by Gasteiger charge is -2.61. The molecule has 4 fully saturated rings. The van der Waals surface area contributed by atoms with Crippen LogP contribution < -0.4 is 0 Å². The lowest BCUT2D eigenvalue weighted by molar-refractivity contribution is -0.126. The van der Waals surface area contributed by atoms with Gasteiger partial charge in [0, 0.05) is 0 Å². The molecule has 1 unspecified atom stereocenters. The van der Waals surface area contributed by atoms with Gasteiger partial charge in [0.15, 0.2) is 0 Å². The summed E-state index contributed by atoms with van der Waals surface area (Å²) in [5.41, 5.74) is 1.94. The lowest BCUT2D eigenvalue weighted by atomic mass is 9.44. The Morgan fingerprint density at radius 1 is 0.868 bits per heavy atom. The van der Waals surface area contributed by atoms with Gasteiger partial charge in [0.1, 0.15) is 0 Å². The van der Waals surface area contributed by atoms with Crippen molar-refractivity contribution in [2.45, 2.75) is 130 Å². The molecule has 9 atom stereocenters. The molecule has 0 spiro atoms. The minimum Gasteiger partial charge on any atom is -0.263 e. The van der Waals surface area contributed by atoms with Gasteiger partial charge < -0.3 is 0 Å². The summed E-state index contributed by atoms with van der Waals surface area (Å²) >= 11 is 0. The van der Waals surface area contributed by atoms with Crippen LogP contribution in [0, 0.1) is 59.2 Å². The van der Waals surface area contributed by atoms with Crippen LogP contribution in [0.1, 0.15) is 117 Å². The average Bonchev–Trinajstić information content (AvgIpc) is 3.21. The van der Waals surface area contributed by atoms with E-state index in [0.717, 1.165) is 60.3 Å². The number of fused-ring (bicyclic) bond motifs is 5. The fourth-order valence-electron chi connectivity index (χ4n) is 10.3. The molecular weight excluding hydrogens is 488 g/mol. The highest BCUT2D eigenvalue weighted by molar-refractivity contribution is 7.86. The maximum atomic E-state index is 13.0. The molecule has 5 rings (SSSR count). The van der Waals surface area contributed by atoms with Crippen molar-refractivity contribution < 1.29 is 12.6 Å². The summed E-state index contributed by atoms with van der Waals surface area (Å²) < 4.78 is 31.9. The molecule has 0 heterocycles. The molecule has 4 saturated carbocycles. The van der Waals surface area contributed by atoms with E-state index in [1.165, 1.54) is 57.8 Å². The molecule has 0 N–H and O–H groups in total. The van der Waals surface area contributed by atoms with E-state index < -0.39 is 10.1 Å². The number of aryl methyl sites for hydroxylation is 1. The molecule has 1 aromatic rings. The van der Waals surface area contributed by atoms with E-state index in [9.17, 15) is 8.42 Å². The standard InChI is InChI=1S/C34H54O3S/c1-23(2)8-7-9-25(4)30-16-17-31-29-15-12-26-22-27(37-38(35,36)28-13-10-24(3)11-14-28)18-20-33(26,5)32(29)19-21-34(30,31)6/h10-11,13-14,23,25-27,29-32H,7-9,12,15-22H2,1-6H3/t25?,26-,27-,29-,30+,31-,32-,33-,34+/m0/s1. The number of hydrogen-bond donors (Lipinski definition) is 0. The summed E-state index contributed by atoms with van der Waals surface area (Å²) in [6.45, 7) is 14.5. The maximum absolute atomic E-state index is 13.0. The Balaban J connectivity index is 1.24. The van der Waals surface area contributed by atoms with Gasteiger partial charge in [0.25, 0.3) is 10.1 Å². The largest absolute Gasteiger partial charge is 0.297 e. The first kappa shape index (κ1) is 28.7. The highest BCUT2D eigenvalue weighted by Gasteiger charge is 2.60. The number of rotatable bonds is 8. The summed E-state index contributed by atoms with van der Waals surface area (Å²) in [6, 6.07) is 7.07. The van der Waals surface area contributed by atoms with E-state index in [-0.39, 0.29) is 6.10 Å². The Morgan fingerprint density at radius 3 is 2.26 bits per heavy atom.